The topological polar surface area (TPSA) is 51.5 Å². The average molecular weight is 262 g/mol. The minimum Gasteiger partial charge on any atom is -0.467 e. The molecule has 0 saturated carbocycles. The molecule has 1 aromatic heterocycles. The molecule has 4 nitrogen and oxygen atoms in total. The van der Waals surface area contributed by atoms with Crippen LogP contribution in [0.2, 0.25) is 0 Å². The van der Waals surface area contributed by atoms with Crippen molar-refractivity contribution in [3.63, 3.8) is 0 Å². The van der Waals surface area contributed by atoms with Crippen LogP contribution in [0.5, 0.6) is 0 Å². The van der Waals surface area contributed by atoms with Gasteiger partial charge >= 0.3 is 5.97 Å². The zero-order chi connectivity index (χ0) is 10.8. The molecule has 0 aliphatic carbocycles. The Morgan fingerprint density at radius 2 is 2.29 bits per heavy atom. The maximum atomic E-state index is 11.5. The molecule has 1 atom stereocenters. The van der Waals surface area contributed by atoms with Crippen LogP contribution in [0.3, 0.4) is 0 Å². The van der Waals surface area contributed by atoms with Crippen molar-refractivity contribution in [3.05, 3.63) is 22.6 Å². The standard InChI is InChI=1S/C9H12BrNO3/c1-9(11-2,8(12)13-3)6-4-5-7(10)14-6/h4-5,11H,1-3H3. The van der Waals surface area contributed by atoms with Crippen molar-refractivity contribution in [2.24, 2.45) is 0 Å². The van der Waals surface area contributed by atoms with E-state index in [-0.39, 0.29) is 5.97 Å². The molecule has 0 spiro atoms. The van der Waals surface area contributed by atoms with E-state index in [2.05, 4.69) is 21.2 Å². The SMILES string of the molecule is CNC(C)(C(=O)OC)c1ccc(Br)o1. The summed E-state index contributed by atoms with van der Waals surface area (Å²) >= 11 is 3.18. The molecule has 5 heteroatoms. The molecule has 0 amide bonds. The lowest BCUT2D eigenvalue weighted by Crippen LogP contribution is -2.45. The van der Waals surface area contributed by atoms with E-state index in [9.17, 15) is 4.79 Å². The van der Waals surface area contributed by atoms with Crippen LogP contribution in [-0.2, 0) is 15.1 Å². The summed E-state index contributed by atoms with van der Waals surface area (Å²) in [6.45, 7) is 1.70. The van der Waals surface area contributed by atoms with E-state index in [1.165, 1.54) is 7.11 Å². The molecular formula is C9H12BrNO3. The Morgan fingerprint density at radius 1 is 1.64 bits per heavy atom. The highest BCUT2D eigenvalue weighted by atomic mass is 79.9. The number of hydrogen-bond donors (Lipinski definition) is 1. The number of rotatable bonds is 3. The molecule has 0 aliphatic heterocycles. The summed E-state index contributed by atoms with van der Waals surface area (Å²) in [6, 6.07) is 3.45. The van der Waals surface area contributed by atoms with Crippen LogP contribution in [0.25, 0.3) is 0 Å². The van der Waals surface area contributed by atoms with E-state index in [0.29, 0.717) is 10.4 Å². The van der Waals surface area contributed by atoms with Crippen LogP contribution in [0.1, 0.15) is 12.7 Å². The molecule has 0 aliphatic rings. The maximum Gasteiger partial charge on any atom is 0.333 e. The normalized spacial score (nSPS) is 14.9. The molecular weight excluding hydrogens is 250 g/mol. The second kappa shape index (κ2) is 4.14. The molecule has 0 fully saturated rings. The Balaban J connectivity index is 3.07. The predicted octanol–water partition coefficient (Wildman–Crippen LogP) is 1.65. The molecule has 1 heterocycles. The van der Waals surface area contributed by atoms with Crippen molar-refractivity contribution in [2.45, 2.75) is 12.5 Å². The number of nitrogens with one attached hydrogen (secondary N) is 1. The first-order valence-electron chi connectivity index (χ1n) is 4.07. The van der Waals surface area contributed by atoms with E-state index in [4.69, 9.17) is 9.15 Å². The summed E-state index contributed by atoms with van der Waals surface area (Å²) in [6.07, 6.45) is 0. The lowest BCUT2D eigenvalue weighted by Gasteiger charge is -2.23. The molecule has 0 aromatic carbocycles. The molecule has 1 rings (SSSR count). The minimum absolute atomic E-state index is 0.387. The number of halogens is 1. The smallest absolute Gasteiger partial charge is 0.333 e. The third-order valence-electron chi connectivity index (χ3n) is 2.16. The minimum atomic E-state index is -0.944. The highest BCUT2D eigenvalue weighted by Crippen LogP contribution is 2.26. The summed E-state index contributed by atoms with van der Waals surface area (Å²) in [5.74, 6) is 0.126. The van der Waals surface area contributed by atoms with Crippen molar-refractivity contribution in [1.29, 1.82) is 0 Å². The van der Waals surface area contributed by atoms with Crippen LogP contribution >= 0.6 is 15.9 Å². The van der Waals surface area contributed by atoms with Gasteiger partial charge in [-0.05, 0) is 42.0 Å². The molecule has 0 bridgehead atoms. The van der Waals surface area contributed by atoms with Gasteiger partial charge in [-0.1, -0.05) is 0 Å². The molecule has 1 unspecified atom stereocenters. The second-order valence-corrected chi connectivity index (χ2v) is 3.75. The number of carbonyl (C=O) groups excluding carboxylic acids is 1. The van der Waals surface area contributed by atoms with Gasteiger partial charge in [-0.3, -0.25) is 5.32 Å². The largest absolute Gasteiger partial charge is 0.467 e. The zero-order valence-electron chi connectivity index (χ0n) is 8.26. The number of hydrogen-bond acceptors (Lipinski definition) is 4. The van der Waals surface area contributed by atoms with Gasteiger partial charge in [0, 0.05) is 0 Å². The lowest BCUT2D eigenvalue weighted by atomic mass is 10.00. The molecule has 78 valence electrons. The Hall–Kier alpha value is -0.810. The fraction of sp³-hybridized carbons (Fsp3) is 0.444. The first-order chi connectivity index (χ1) is 6.54. The third-order valence-corrected chi connectivity index (χ3v) is 2.59. The Morgan fingerprint density at radius 3 is 2.64 bits per heavy atom. The van der Waals surface area contributed by atoms with E-state index >= 15 is 0 Å². The summed E-state index contributed by atoms with van der Waals surface area (Å²) in [7, 11) is 3.02. The molecule has 1 aromatic rings. The van der Waals surface area contributed by atoms with Crippen molar-refractivity contribution < 1.29 is 13.9 Å². The quantitative estimate of drug-likeness (QED) is 0.841. The van der Waals surface area contributed by atoms with Crippen molar-refractivity contribution in [3.8, 4) is 0 Å². The van der Waals surface area contributed by atoms with E-state index < -0.39 is 5.54 Å². The van der Waals surface area contributed by atoms with Gasteiger partial charge in [0.25, 0.3) is 0 Å². The van der Waals surface area contributed by atoms with Gasteiger partial charge in [-0.2, -0.15) is 0 Å². The van der Waals surface area contributed by atoms with Gasteiger partial charge in [0.1, 0.15) is 5.76 Å². The lowest BCUT2D eigenvalue weighted by molar-refractivity contribution is -0.148. The number of methoxy groups -OCH3 is 1. The van der Waals surface area contributed by atoms with Gasteiger partial charge in [0.05, 0.1) is 7.11 Å². The highest BCUT2D eigenvalue weighted by molar-refractivity contribution is 9.10. The fourth-order valence-electron chi connectivity index (χ4n) is 1.11. The summed E-state index contributed by atoms with van der Waals surface area (Å²) in [5, 5.41) is 2.87. The second-order valence-electron chi connectivity index (χ2n) is 2.97. The number of esters is 1. The Labute approximate surface area is 90.7 Å². The maximum absolute atomic E-state index is 11.5. The van der Waals surface area contributed by atoms with Crippen molar-refractivity contribution >= 4 is 21.9 Å². The zero-order valence-corrected chi connectivity index (χ0v) is 9.84. The van der Waals surface area contributed by atoms with Crippen LogP contribution in [0.4, 0.5) is 0 Å². The molecule has 0 radical (unpaired) electrons. The molecule has 0 saturated heterocycles. The van der Waals surface area contributed by atoms with Gasteiger partial charge < -0.3 is 9.15 Å². The van der Waals surface area contributed by atoms with Crippen LogP contribution < -0.4 is 5.32 Å². The van der Waals surface area contributed by atoms with Crippen LogP contribution in [-0.4, -0.2) is 20.1 Å². The molecule has 1 N–H and O–H groups in total. The van der Waals surface area contributed by atoms with Gasteiger partial charge in [0.2, 0.25) is 0 Å². The third kappa shape index (κ3) is 1.83. The molecule has 14 heavy (non-hydrogen) atoms. The van der Waals surface area contributed by atoms with E-state index in [0.717, 1.165) is 0 Å². The summed E-state index contributed by atoms with van der Waals surface area (Å²) in [4.78, 5) is 11.5. The Bertz CT molecular complexity index is 337. The Kier molecular flexibility index (Phi) is 3.34. The number of carbonyl (C=O) groups is 1. The fourth-order valence-corrected chi connectivity index (χ4v) is 1.42. The van der Waals surface area contributed by atoms with E-state index in [1.807, 2.05) is 0 Å². The average Bonchev–Trinajstić information content (AvgIpc) is 2.62. The van der Waals surface area contributed by atoms with Gasteiger partial charge in [-0.25, -0.2) is 4.79 Å². The van der Waals surface area contributed by atoms with Crippen LogP contribution in [0.15, 0.2) is 21.2 Å². The van der Waals surface area contributed by atoms with Crippen LogP contribution in [0, 0.1) is 0 Å². The van der Waals surface area contributed by atoms with Gasteiger partial charge in [-0.15, -0.1) is 0 Å². The number of likely N-dealkylation sites (N-methyl/N-ethyl adjacent to an activating group) is 1. The predicted molar refractivity (Wildman–Crippen MR) is 54.8 cm³/mol. The number of furan rings is 1. The van der Waals surface area contributed by atoms with Crippen molar-refractivity contribution in [2.75, 3.05) is 14.2 Å². The summed E-state index contributed by atoms with van der Waals surface area (Å²) < 4.78 is 10.6. The first-order valence-corrected chi connectivity index (χ1v) is 4.87. The number of ether oxygens (including phenoxy) is 1. The van der Waals surface area contributed by atoms with Crippen molar-refractivity contribution in [1.82, 2.24) is 5.32 Å². The monoisotopic (exact) mass is 261 g/mol. The van der Waals surface area contributed by atoms with E-state index in [1.54, 1.807) is 26.1 Å². The summed E-state index contributed by atoms with van der Waals surface area (Å²) in [5.41, 5.74) is -0.944. The first kappa shape index (κ1) is 11.3. The van der Waals surface area contributed by atoms with Gasteiger partial charge in [0.15, 0.2) is 10.2 Å². The highest BCUT2D eigenvalue weighted by Gasteiger charge is 2.37.